The van der Waals surface area contributed by atoms with Crippen molar-refractivity contribution in [3.05, 3.63) is 24.0 Å². The van der Waals surface area contributed by atoms with E-state index in [0.717, 1.165) is 30.8 Å². The van der Waals surface area contributed by atoms with Crippen LogP contribution < -0.4 is 11.1 Å². The summed E-state index contributed by atoms with van der Waals surface area (Å²) in [7, 11) is 0. The van der Waals surface area contributed by atoms with Gasteiger partial charge in [-0.1, -0.05) is 20.8 Å². The van der Waals surface area contributed by atoms with Crippen molar-refractivity contribution in [2.75, 3.05) is 18.8 Å². The highest BCUT2D eigenvalue weighted by Crippen LogP contribution is 2.13. The molecule has 0 aliphatic heterocycles. The van der Waals surface area contributed by atoms with E-state index < -0.39 is 0 Å². The molecule has 1 aromatic rings. The average Bonchev–Trinajstić information content (AvgIpc) is 2.21. The van der Waals surface area contributed by atoms with Crippen LogP contribution in [0.5, 0.6) is 0 Å². The van der Waals surface area contributed by atoms with Gasteiger partial charge in [-0.15, -0.1) is 0 Å². The Morgan fingerprint density at radius 1 is 1.31 bits per heavy atom. The van der Waals surface area contributed by atoms with Crippen molar-refractivity contribution in [2.24, 2.45) is 11.8 Å². The monoisotopic (exact) mass is 221 g/mol. The van der Waals surface area contributed by atoms with Crippen LogP contribution in [0.1, 0.15) is 26.3 Å². The van der Waals surface area contributed by atoms with Gasteiger partial charge in [-0.25, -0.2) is 0 Å². The van der Waals surface area contributed by atoms with E-state index in [1.54, 1.807) is 6.20 Å². The molecule has 0 bridgehead atoms. The fourth-order valence-corrected chi connectivity index (χ4v) is 1.67. The van der Waals surface area contributed by atoms with Crippen molar-refractivity contribution in [3.63, 3.8) is 0 Å². The minimum atomic E-state index is 0.588. The summed E-state index contributed by atoms with van der Waals surface area (Å²) >= 11 is 0. The summed E-state index contributed by atoms with van der Waals surface area (Å²) in [6.45, 7) is 8.78. The van der Waals surface area contributed by atoms with Crippen LogP contribution in [0.3, 0.4) is 0 Å². The summed E-state index contributed by atoms with van der Waals surface area (Å²) < 4.78 is 0. The van der Waals surface area contributed by atoms with Gasteiger partial charge in [0.25, 0.3) is 0 Å². The largest absolute Gasteiger partial charge is 0.398 e. The second-order valence-electron chi connectivity index (χ2n) is 4.94. The molecule has 0 aliphatic rings. The average molecular weight is 221 g/mol. The van der Waals surface area contributed by atoms with E-state index in [1.807, 2.05) is 12.3 Å². The number of nitrogen functional groups attached to an aromatic ring is 1. The number of rotatable bonds is 6. The molecule has 1 unspecified atom stereocenters. The highest BCUT2D eigenvalue weighted by Gasteiger charge is 2.06. The Labute approximate surface area is 98.5 Å². The number of hydrogen-bond acceptors (Lipinski definition) is 3. The van der Waals surface area contributed by atoms with Crippen LogP contribution in [-0.2, 0) is 6.42 Å². The number of nitrogens with zero attached hydrogens (tertiary/aromatic N) is 1. The van der Waals surface area contributed by atoms with Gasteiger partial charge >= 0.3 is 0 Å². The second kappa shape index (κ2) is 6.48. The molecule has 0 saturated carbocycles. The highest BCUT2D eigenvalue weighted by atomic mass is 14.9. The lowest BCUT2D eigenvalue weighted by Crippen LogP contribution is -2.26. The molecule has 1 rings (SSSR count). The Morgan fingerprint density at radius 2 is 2.06 bits per heavy atom. The molecule has 0 fully saturated rings. The van der Waals surface area contributed by atoms with Crippen LogP contribution in [0.4, 0.5) is 5.69 Å². The molecule has 0 spiro atoms. The first-order valence-corrected chi connectivity index (χ1v) is 5.98. The molecule has 0 amide bonds. The fraction of sp³-hybridized carbons (Fsp3) is 0.615. The van der Waals surface area contributed by atoms with Crippen molar-refractivity contribution in [3.8, 4) is 0 Å². The number of nitrogens with one attached hydrogen (secondary N) is 1. The van der Waals surface area contributed by atoms with E-state index in [2.05, 4.69) is 31.1 Å². The summed E-state index contributed by atoms with van der Waals surface area (Å²) in [5.74, 6) is 1.29. The maximum Gasteiger partial charge on any atom is 0.0377 e. The molecule has 1 heterocycles. The molecule has 3 nitrogen and oxygen atoms in total. The number of anilines is 1. The Bertz CT molecular complexity index is 310. The van der Waals surface area contributed by atoms with Gasteiger partial charge in [0.1, 0.15) is 0 Å². The topological polar surface area (TPSA) is 50.9 Å². The van der Waals surface area contributed by atoms with Crippen LogP contribution in [0.15, 0.2) is 18.5 Å². The molecule has 16 heavy (non-hydrogen) atoms. The lowest BCUT2D eigenvalue weighted by molar-refractivity contribution is 0.473. The number of pyridine rings is 1. The fourth-order valence-electron chi connectivity index (χ4n) is 1.67. The van der Waals surface area contributed by atoms with E-state index >= 15 is 0 Å². The van der Waals surface area contributed by atoms with Gasteiger partial charge in [-0.05, 0) is 43.0 Å². The minimum Gasteiger partial charge on any atom is -0.398 e. The molecule has 0 aromatic carbocycles. The molecule has 90 valence electrons. The molecular weight excluding hydrogens is 198 g/mol. The number of nitrogens with two attached hydrogens (primary N) is 1. The summed E-state index contributed by atoms with van der Waals surface area (Å²) in [5, 5.41) is 3.46. The summed E-state index contributed by atoms with van der Waals surface area (Å²) in [4.78, 5) is 4.11. The maximum atomic E-state index is 5.89. The quantitative estimate of drug-likeness (QED) is 0.773. The molecule has 0 aliphatic carbocycles. The van der Waals surface area contributed by atoms with Crippen molar-refractivity contribution in [1.29, 1.82) is 0 Å². The third-order valence-electron chi connectivity index (χ3n) is 2.56. The molecule has 1 aromatic heterocycles. The summed E-state index contributed by atoms with van der Waals surface area (Å²) in [6.07, 6.45) is 4.60. The van der Waals surface area contributed by atoms with E-state index in [1.165, 1.54) is 0 Å². The highest BCUT2D eigenvalue weighted by molar-refractivity contribution is 5.44. The van der Waals surface area contributed by atoms with Gasteiger partial charge in [0, 0.05) is 18.1 Å². The van der Waals surface area contributed by atoms with E-state index in [0.29, 0.717) is 11.8 Å². The van der Waals surface area contributed by atoms with Crippen molar-refractivity contribution >= 4 is 5.69 Å². The van der Waals surface area contributed by atoms with E-state index in [9.17, 15) is 0 Å². The Morgan fingerprint density at radius 3 is 2.69 bits per heavy atom. The first-order chi connectivity index (χ1) is 7.59. The van der Waals surface area contributed by atoms with Gasteiger partial charge in [0.2, 0.25) is 0 Å². The second-order valence-corrected chi connectivity index (χ2v) is 4.94. The SMILES string of the molecule is CC(C)CNCC(C)Cc1cnccc1N. The van der Waals surface area contributed by atoms with Gasteiger partial charge in [-0.3, -0.25) is 4.98 Å². The zero-order valence-electron chi connectivity index (χ0n) is 10.5. The lowest BCUT2D eigenvalue weighted by atomic mass is 10.0. The van der Waals surface area contributed by atoms with Crippen LogP contribution in [0.2, 0.25) is 0 Å². The molecule has 3 heteroatoms. The van der Waals surface area contributed by atoms with Gasteiger partial charge < -0.3 is 11.1 Å². The lowest BCUT2D eigenvalue weighted by Gasteiger charge is -2.14. The minimum absolute atomic E-state index is 0.588. The third kappa shape index (κ3) is 4.62. The van der Waals surface area contributed by atoms with Crippen LogP contribution in [0, 0.1) is 11.8 Å². The van der Waals surface area contributed by atoms with Crippen molar-refractivity contribution in [2.45, 2.75) is 27.2 Å². The zero-order chi connectivity index (χ0) is 12.0. The molecule has 0 radical (unpaired) electrons. The molecule has 1 atom stereocenters. The van der Waals surface area contributed by atoms with Gasteiger partial charge in [-0.2, -0.15) is 0 Å². The van der Waals surface area contributed by atoms with E-state index in [-0.39, 0.29) is 0 Å². The maximum absolute atomic E-state index is 5.89. The Kier molecular flexibility index (Phi) is 5.26. The van der Waals surface area contributed by atoms with Crippen LogP contribution in [-0.4, -0.2) is 18.1 Å². The predicted molar refractivity (Wildman–Crippen MR) is 69.2 cm³/mol. The third-order valence-corrected chi connectivity index (χ3v) is 2.56. The molecule has 3 N–H and O–H groups in total. The normalized spacial score (nSPS) is 13.0. The molecule has 0 saturated heterocycles. The zero-order valence-corrected chi connectivity index (χ0v) is 10.5. The summed E-state index contributed by atoms with van der Waals surface area (Å²) in [6, 6.07) is 1.86. The van der Waals surface area contributed by atoms with Gasteiger partial charge in [0.05, 0.1) is 0 Å². The Balaban J connectivity index is 2.34. The first kappa shape index (κ1) is 13.0. The van der Waals surface area contributed by atoms with E-state index in [4.69, 9.17) is 5.73 Å². The first-order valence-electron chi connectivity index (χ1n) is 5.98. The predicted octanol–water partition coefficient (Wildman–Crippen LogP) is 2.09. The van der Waals surface area contributed by atoms with Crippen LogP contribution >= 0.6 is 0 Å². The smallest absolute Gasteiger partial charge is 0.0377 e. The Hall–Kier alpha value is -1.09. The number of hydrogen-bond donors (Lipinski definition) is 2. The van der Waals surface area contributed by atoms with Gasteiger partial charge in [0.15, 0.2) is 0 Å². The van der Waals surface area contributed by atoms with Crippen molar-refractivity contribution in [1.82, 2.24) is 10.3 Å². The molecular formula is C13H23N3. The van der Waals surface area contributed by atoms with Crippen LogP contribution in [0.25, 0.3) is 0 Å². The summed E-state index contributed by atoms with van der Waals surface area (Å²) in [5.41, 5.74) is 7.89. The van der Waals surface area contributed by atoms with Crippen molar-refractivity contribution < 1.29 is 0 Å². The number of aromatic nitrogens is 1. The standard InChI is InChI=1S/C13H23N3/c1-10(2)7-16-8-11(3)6-12-9-15-5-4-13(12)14/h4-5,9-11,16H,6-8H2,1-3H3,(H2,14,15).